The summed E-state index contributed by atoms with van der Waals surface area (Å²) in [6.07, 6.45) is 4.68. The minimum atomic E-state index is -1.09. The van der Waals surface area contributed by atoms with Gasteiger partial charge in [0.15, 0.2) is 0 Å². The first kappa shape index (κ1) is 21.1. The number of pyridine rings is 1. The molecule has 164 valence electrons. The number of H-pyrrole nitrogens is 1. The van der Waals surface area contributed by atoms with Crippen molar-refractivity contribution in [2.75, 3.05) is 18.9 Å². The first-order chi connectivity index (χ1) is 15.3. The second kappa shape index (κ2) is 8.54. The molecule has 1 unspecified atom stereocenters. The molecule has 0 spiro atoms. The van der Waals surface area contributed by atoms with Crippen molar-refractivity contribution in [3.05, 3.63) is 65.5 Å². The van der Waals surface area contributed by atoms with Gasteiger partial charge >= 0.3 is 12.0 Å². The molecule has 0 radical (unpaired) electrons. The Balaban J connectivity index is 1.46. The number of hydrogen-bond donors (Lipinski definition) is 3. The maximum Gasteiger partial charge on any atom is 0.323 e. The van der Waals surface area contributed by atoms with Crippen LogP contribution in [0.2, 0.25) is 0 Å². The molecule has 0 aliphatic carbocycles. The van der Waals surface area contributed by atoms with Crippen LogP contribution in [-0.2, 0) is 16.1 Å². The molecule has 2 aromatic heterocycles. The van der Waals surface area contributed by atoms with E-state index in [9.17, 15) is 14.4 Å². The Bertz CT molecular complexity index is 1200. The molecule has 1 aliphatic rings. The van der Waals surface area contributed by atoms with Gasteiger partial charge in [-0.3, -0.25) is 14.9 Å². The van der Waals surface area contributed by atoms with Crippen LogP contribution < -0.4 is 5.32 Å². The summed E-state index contributed by atoms with van der Waals surface area (Å²) in [4.78, 5) is 46.0. The number of benzene rings is 1. The van der Waals surface area contributed by atoms with Crippen LogP contribution in [0.25, 0.3) is 17.0 Å². The molecule has 0 bridgehead atoms. The summed E-state index contributed by atoms with van der Waals surface area (Å²) in [6, 6.07) is 11.1. The minimum absolute atomic E-state index is 0.132. The van der Waals surface area contributed by atoms with Gasteiger partial charge in [-0.15, -0.1) is 0 Å². The van der Waals surface area contributed by atoms with E-state index in [0.29, 0.717) is 16.9 Å². The van der Waals surface area contributed by atoms with Gasteiger partial charge in [0.1, 0.15) is 12.4 Å². The second-order valence-electron chi connectivity index (χ2n) is 7.73. The van der Waals surface area contributed by atoms with E-state index in [2.05, 4.69) is 15.3 Å². The number of hydrogen-bond acceptors (Lipinski definition) is 4. The number of rotatable bonds is 6. The van der Waals surface area contributed by atoms with Gasteiger partial charge in [0.2, 0.25) is 5.91 Å². The molecule has 0 saturated heterocycles. The third-order valence-corrected chi connectivity index (χ3v) is 5.54. The van der Waals surface area contributed by atoms with Crippen molar-refractivity contribution >= 4 is 40.7 Å². The molecular weight excluding hydrogens is 410 g/mol. The molecule has 9 heteroatoms. The maximum atomic E-state index is 12.7. The lowest BCUT2D eigenvalue weighted by Crippen LogP contribution is -2.41. The number of carboxylic acid groups (broad SMARTS) is 1. The fraction of sp³-hybridized carbons (Fsp3) is 0.217. The van der Waals surface area contributed by atoms with Crippen molar-refractivity contribution in [2.45, 2.75) is 19.5 Å². The van der Waals surface area contributed by atoms with Crippen LogP contribution in [0.3, 0.4) is 0 Å². The lowest BCUT2D eigenvalue weighted by atomic mass is 10.1. The fourth-order valence-corrected chi connectivity index (χ4v) is 3.61. The van der Waals surface area contributed by atoms with E-state index in [0.717, 1.165) is 16.6 Å². The van der Waals surface area contributed by atoms with Crippen LogP contribution in [0, 0.1) is 0 Å². The first-order valence-corrected chi connectivity index (χ1v) is 10.1. The number of nitrogens with one attached hydrogen (secondary N) is 2. The molecule has 3 amide bonds. The number of anilines is 1. The predicted octanol–water partition coefficient (Wildman–Crippen LogP) is 3.23. The number of amides is 3. The highest BCUT2D eigenvalue weighted by Gasteiger charge is 2.25. The summed E-state index contributed by atoms with van der Waals surface area (Å²) in [7, 11) is 1.74. The average molecular weight is 433 g/mol. The number of aromatic amines is 1. The Morgan fingerprint density at radius 2 is 2.09 bits per heavy atom. The Kier molecular flexibility index (Phi) is 5.63. The highest BCUT2D eigenvalue weighted by atomic mass is 16.4. The van der Waals surface area contributed by atoms with Crippen molar-refractivity contribution in [2.24, 2.45) is 0 Å². The van der Waals surface area contributed by atoms with Gasteiger partial charge in [0.05, 0.1) is 12.6 Å². The van der Waals surface area contributed by atoms with E-state index in [1.807, 2.05) is 37.3 Å². The Morgan fingerprint density at radius 1 is 1.31 bits per heavy atom. The van der Waals surface area contributed by atoms with Crippen molar-refractivity contribution < 1.29 is 19.5 Å². The summed E-state index contributed by atoms with van der Waals surface area (Å²) in [5, 5.41) is 12.6. The summed E-state index contributed by atoms with van der Waals surface area (Å²) in [5.74, 6) is -0.871. The molecular formula is C23H23N5O4. The van der Waals surface area contributed by atoms with Crippen molar-refractivity contribution in [1.29, 1.82) is 0 Å². The molecule has 3 aromatic rings. The smallest absolute Gasteiger partial charge is 0.323 e. The van der Waals surface area contributed by atoms with Crippen molar-refractivity contribution in [1.82, 2.24) is 19.8 Å². The maximum absolute atomic E-state index is 12.7. The largest absolute Gasteiger partial charge is 0.480 e. The number of likely N-dealkylation sites (N-methyl/N-ethyl adjacent to an activating group) is 1. The molecule has 9 nitrogen and oxygen atoms in total. The Morgan fingerprint density at radius 3 is 2.84 bits per heavy atom. The molecule has 3 N–H and O–H groups in total. The molecule has 1 aliphatic heterocycles. The summed E-state index contributed by atoms with van der Waals surface area (Å²) in [6.45, 7) is 1.68. The number of fused-ring (bicyclic) bond motifs is 2. The molecule has 32 heavy (non-hydrogen) atoms. The number of nitrogens with zero attached hydrogens (tertiary/aromatic N) is 3. The zero-order chi connectivity index (χ0) is 22.8. The van der Waals surface area contributed by atoms with E-state index in [4.69, 9.17) is 5.11 Å². The van der Waals surface area contributed by atoms with Gasteiger partial charge in [0.25, 0.3) is 0 Å². The van der Waals surface area contributed by atoms with Crippen LogP contribution in [0.1, 0.15) is 29.8 Å². The number of carbonyl (C=O) groups is 3. The molecule has 1 atom stereocenters. The summed E-state index contributed by atoms with van der Waals surface area (Å²) < 4.78 is 0. The van der Waals surface area contributed by atoms with Crippen LogP contribution in [0.15, 0.2) is 48.7 Å². The van der Waals surface area contributed by atoms with Gasteiger partial charge in [-0.05, 0) is 42.1 Å². The van der Waals surface area contributed by atoms with E-state index in [-0.39, 0.29) is 18.5 Å². The second-order valence-corrected chi connectivity index (χ2v) is 7.73. The predicted molar refractivity (Wildman–Crippen MR) is 120 cm³/mol. The number of carboxylic acids is 1. The van der Waals surface area contributed by atoms with Crippen LogP contribution in [0.5, 0.6) is 0 Å². The normalized spacial score (nSPS) is 14.3. The lowest BCUT2D eigenvalue weighted by Gasteiger charge is -2.27. The minimum Gasteiger partial charge on any atom is -0.480 e. The van der Waals surface area contributed by atoms with E-state index in [1.165, 1.54) is 11.0 Å². The molecule has 0 fully saturated rings. The van der Waals surface area contributed by atoms with E-state index >= 15 is 0 Å². The van der Waals surface area contributed by atoms with Crippen LogP contribution in [0.4, 0.5) is 10.6 Å². The third kappa shape index (κ3) is 4.31. The highest BCUT2D eigenvalue weighted by molar-refractivity contribution is 5.94. The number of aliphatic carboxylic acids is 1. The number of para-hydroxylation sites is 1. The fourth-order valence-electron chi connectivity index (χ4n) is 3.61. The lowest BCUT2D eigenvalue weighted by molar-refractivity contribution is -0.137. The van der Waals surface area contributed by atoms with Crippen LogP contribution >= 0.6 is 0 Å². The molecule has 4 rings (SSSR count). The number of urea groups is 1. The van der Waals surface area contributed by atoms with Gasteiger partial charge in [-0.25, -0.2) is 9.78 Å². The topological polar surface area (TPSA) is 119 Å². The monoisotopic (exact) mass is 433 g/mol. The quantitative estimate of drug-likeness (QED) is 0.516. The third-order valence-electron chi connectivity index (χ3n) is 5.54. The zero-order valence-corrected chi connectivity index (χ0v) is 17.7. The Hall–Kier alpha value is -4.14. The standard InChI is InChI=1S/C23H23N5O4/c1-14(19-10-16-5-3-4-6-18(16)25-19)27(2)20(29)8-7-15-9-17-12-28(13-21(30)31)23(32)26-22(17)24-11-15/h3-11,14,25H,12-13H2,1-2H3,(H,30,31)(H,24,26,32). The van der Waals surface area contributed by atoms with Crippen molar-refractivity contribution in [3.8, 4) is 0 Å². The van der Waals surface area contributed by atoms with Gasteiger partial charge in [0, 0.05) is 36.1 Å². The Labute approximate surface area is 184 Å². The van der Waals surface area contributed by atoms with Gasteiger partial charge in [-0.2, -0.15) is 0 Å². The molecule has 3 heterocycles. The van der Waals surface area contributed by atoms with Gasteiger partial charge < -0.3 is 19.9 Å². The molecule has 1 aromatic carbocycles. The average Bonchev–Trinajstić information content (AvgIpc) is 3.21. The summed E-state index contributed by atoms with van der Waals surface area (Å²) >= 11 is 0. The van der Waals surface area contributed by atoms with Crippen LogP contribution in [-0.4, -0.2) is 56.4 Å². The molecule has 0 saturated carbocycles. The van der Waals surface area contributed by atoms with E-state index < -0.39 is 18.5 Å². The SMILES string of the molecule is CC(c1cc2ccccc2[nH]1)N(C)C(=O)C=Cc1cnc2c(c1)CN(CC(=O)O)C(=O)N2. The van der Waals surface area contributed by atoms with Crippen molar-refractivity contribution in [3.63, 3.8) is 0 Å². The number of aromatic nitrogens is 2. The van der Waals surface area contributed by atoms with E-state index in [1.54, 1.807) is 30.3 Å². The summed E-state index contributed by atoms with van der Waals surface area (Å²) in [5.41, 5.74) is 3.32. The zero-order valence-electron chi connectivity index (χ0n) is 17.7. The first-order valence-electron chi connectivity index (χ1n) is 10.1. The number of carbonyl (C=O) groups excluding carboxylic acids is 2. The highest BCUT2D eigenvalue weighted by Crippen LogP contribution is 2.24. The van der Waals surface area contributed by atoms with Gasteiger partial charge in [-0.1, -0.05) is 18.2 Å².